The van der Waals surface area contributed by atoms with Crippen LogP contribution in [-0.2, 0) is 0 Å². The zero-order chi connectivity index (χ0) is 11.2. The van der Waals surface area contributed by atoms with E-state index in [2.05, 4.69) is 5.32 Å². The molecule has 4 N–H and O–H groups in total. The van der Waals surface area contributed by atoms with Crippen LogP contribution in [0.3, 0.4) is 0 Å². The third-order valence-corrected chi connectivity index (χ3v) is 3.57. The van der Waals surface area contributed by atoms with Gasteiger partial charge in [0.2, 0.25) is 0 Å². The van der Waals surface area contributed by atoms with E-state index in [1.807, 2.05) is 11.9 Å². The van der Waals surface area contributed by atoms with Crippen molar-refractivity contribution in [3.05, 3.63) is 0 Å². The molecule has 88 valence electrons. The third-order valence-electron chi connectivity index (χ3n) is 3.57. The van der Waals surface area contributed by atoms with E-state index in [1.165, 1.54) is 0 Å². The van der Waals surface area contributed by atoms with Crippen LogP contribution in [0.15, 0.2) is 0 Å². The predicted octanol–water partition coefficient (Wildman–Crippen LogP) is -1.86. The van der Waals surface area contributed by atoms with Crippen molar-refractivity contribution in [2.75, 3.05) is 20.1 Å². The summed E-state index contributed by atoms with van der Waals surface area (Å²) in [6.07, 6.45) is -0.799. The van der Waals surface area contributed by atoms with Crippen molar-refractivity contribution in [1.29, 1.82) is 0 Å². The number of nitrogens with one attached hydrogen (secondary N) is 1. The Labute approximate surface area is 89.7 Å². The lowest BCUT2D eigenvalue weighted by atomic mass is 9.85. The number of likely N-dealkylation sites (N-methyl/N-ethyl adjacent to an activating group) is 1. The molecule has 15 heavy (non-hydrogen) atoms. The van der Waals surface area contributed by atoms with E-state index in [9.17, 15) is 15.3 Å². The maximum atomic E-state index is 10.1. The van der Waals surface area contributed by atoms with Gasteiger partial charge in [-0.15, -0.1) is 0 Å². The summed E-state index contributed by atoms with van der Waals surface area (Å²) in [6.45, 7) is 2.76. The molecule has 2 aliphatic rings. The van der Waals surface area contributed by atoms with E-state index in [1.54, 1.807) is 6.92 Å². The van der Waals surface area contributed by atoms with Gasteiger partial charge in [-0.2, -0.15) is 0 Å². The van der Waals surface area contributed by atoms with Crippen molar-refractivity contribution in [3.63, 3.8) is 0 Å². The number of hydrogen-bond donors (Lipinski definition) is 4. The average Bonchev–Trinajstić information content (AvgIpc) is 2.39. The number of hydrogen-bond acceptors (Lipinski definition) is 5. The van der Waals surface area contributed by atoms with Gasteiger partial charge in [0.05, 0.1) is 23.9 Å². The van der Waals surface area contributed by atoms with Crippen molar-refractivity contribution in [3.8, 4) is 0 Å². The molecular weight excluding hydrogens is 196 g/mol. The number of fused-ring (bicyclic) bond motifs is 1. The first-order chi connectivity index (χ1) is 6.94. The van der Waals surface area contributed by atoms with Gasteiger partial charge in [-0.3, -0.25) is 4.90 Å². The molecule has 2 aliphatic heterocycles. The minimum atomic E-state index is -0.742. The first kappa shape index (κ1) is 11.3. The van der Waals surface area contributed by atoms with E-state index < -0.39 is 17.8 Å². The molecule has 0 aliphatic carbocycles. The van der Waals surface area contributed by atoms with Crippen LogP contribution in [0.4, 0.5) is 0 Å². The van der Waals surface area contributed by atoms with E-state index in [-0.39, 0.29) is 12.1 Å². The van der Waals surface area contributed by atoms with Gasteiger partial charge in [0.1, 0.15) is 0 Å². The SMILES string of the molecule is CN[C@H]1C[C@@](C)(O)CN2C[C@@H](O)[C@H](O)[C@@H]12. The summed E-state index contributed by atoms with van der Waals surface area (Å²) < 4.78 is 0. The van der Waals surface area contributed by atoms with Crippen LogP contribution < -0.4 is 5.32 Å². The fourth-order valence-electron chi connectivity index (χ4n) is 2.95. The molecule has 0 spiro atoms. The summed E-state index contributed by atoms with van der Waals surface area (Å²) in [4.78, 5) is 1.97. The van der Waals surface area contributed by atoms with Crippen LogP contribution in [0.1, 0.15) is 13.3 Å². The van der Waals surface area contributed by atoms with Crippen molar-refractivity contribution in [1.82, 2.24) is 10.2 Å². The van der Waals surface area contributed by atoms with E-state index in [0.717, 1.165) is 0 Å². The second-order valence-corrected chi connectivity index (χ2v) is 5.07. The summed E-state index contributed by atoms with van der Waals surface area (Å²) in [5.41, 5.74) is -0.742. The van der Waals surface area contributed by atoms with Crippen LogP contribution >= 0.6 is 0 Å². The Bertz CT molecular complexity index is 237. The smallest absolute Gasteiger partial charge is 0.0981 e. The molecule has 0 aromatic heterocycles. The molecule has 0 bridgehead atoms. The number of aliphatic hydroxyl groups excluding tert-OH is 2. The number of aliphatic hydroxyl groups is 3. The molecule has 0 amide bonds. The molecule has 2 heterocycles. The Morgan fingerprint density at radius 2 is 2.07 bits per heavy atom. The zero-order valence-electron chi connectivity index (χ0n) is 9.22. The van der Waals surface area contributed by atoms with E-state index in [0.29, 0.717) is 19.5 Å². The first-order valence-electron chi connectivity index (χ1n) is 5.44. The average molecular weight is 216 g/mol. The number of piperidine rings is 1. The van der Waals surface area contributed by atoms with Gasteiger partial charge in [0.15, 0.2) is 0 Å². The Morgan fingerprint density at radius 1 is 1.40 bits per heavy atom. The lowest BCUT2D eigenvalue weighted by molar-refractivity contribution is -0.0579. The van der Waals surface area contributed by atoms with Gasteiger partial charge in [-0.1, -0.05) is 0 Å². The number of rotatable bonds is 1. The predicted molar refractivity (Wildman–Crippen MR) is 55.5 cm³/mol. The molecule has 0 unspecified atom stereocenters. The minimum absolute atomic E-state index is 0.0286. The molecule has 0 aromatic carbocycles. The monoisotopic (exact) mass is 216 g/mol. The zero-order valence-corrected chi connectivity index (χ0v) is 9.22. The summed E-state index contributed by atoms with van der Waals surface area (Å²) >= 11 is 0. The van der Waals surface area contributed by atoms with Crippen LogP contribution in [0.25, 0.3) is 0 Å². The van der Waals surface area contributed by atoms with E-state index in [4.69, 9.17) is 0 Å². The van der Waals surface area contributed by atoms with Crippen LogP contribution in [0.5, 0.6) is 0 Å². The summed E-state index contributed by atoms with van der Waals surface area (Å²) in [5, 5.41) is 32.6. The molecule has 0 aromatic rings. The molecule has 5 nitrogen and oxygen atoms in total. The van der Waals surface area contributed by atoms with Gasteiger partial charge in [-0.05, 0) is 20.4 Å². The normalized spacial score (nSPS) is 51.8. The van der Waals surface area contributed by atoms with Gasteiger partial charge >= 0.3 is 0 Å². The van der Waals surface area contributed by atoms with Gasteiger partial charge < -0.3 is 20.6 Å². The molecule has 5 heteroatoms. The molecule has 2 rings (SSSR count). The van der Waals surface area contributed by atoms with Crippen molar-refractivity contribution < 1.29 is 15.3 Å². The second-order valence-electron chi connectivity index (χ2n) is 5.07. The molecule has 2 saturated heterocycles. The molecular formula is C10H20N2O3. The summed E-state index contributed by atoms with van der Waals surface area (Å²) in [6, 6.07) is -0.0499. The van der Waals surface area contributed by atoms with Crippen molar-refractivity contribution in [2.45, 2.75) is 43.2 Å². The minimum Gasteiger partial charge on any atom is -0.389 e. The highest BCUT2D eigenvalue weighted by atomic mass is 16.3. The standard InChI is InChI=1S/C10H20N2O3/c1-10(15)3-6(11-2)8-9(14)7(13)4-12(8)5-10/h6-9,11,13-15H,3-5H2,1-2H3/t6-,7+,8+,9-,10+/m0/s1. The Morgan fingerprint density at radius 3 is 2.67 bits per heavy atom. The number of nitrogens with zero attached hydrogens (tertiary/aromatic N) is 1. The van der Waals surface area contributed by atoms with Gasteiger partial charge in [0, 0.05) is 19.1 Å². The second kappa shape index (κ2) is 3.68. The Balaban J connectivity index is 2.19. The maximum absolute atomic E-state index is 10.1. The highest BCUT2D eigenvalue weighted by Gasteiger charge is 2.50. The molecule has 2 fully saturated rings. The molecule has 0 saturated carbocycles. The van der Waals surface area contributed by atoms with Crippen LogP contribution in [0, 0.1) is 0 Å². The summed E-state index contributed by atoms with van der Waals surface area (Å²) in [7, 11) is 1.82. The van der Waals surface area contributed by atoms with Gasteiger partial charge in [-0.25, -0.2) is 0 Å². The molecule has 5 atom stereocenters. The third kappa shape index (κ3) is 1.90. The first-order valence-corrected chi connectivity index (χ1v) is 5.44. The maximum Gasteiger partial charge on any atom is 0.0981 e. The lowest BCUT2D eigenvalue weighted by Crippen LogP contribution is -2.61. The molecule has 0 radical (unpaired) electrons. The summed E-state index contributed by atoms with van der Waals surface area (Å²) in [5.74, 6) is 0. The van der Waals surface area contributed by atoms with Crippen LogP contribution in [-0.4, -0.2) is 70.2 Å². The Hall–Kier alpha value is -0.200. The fraction of sp³-hybridized carbons (Fsp3) is 1.00. The fourth-order valence-corrected chi connectivity index (χ4v) is 2.95. The largest absolute Gasteiger partial charge is 0.389 e. The van der Waals surface area contributed by atoms with Gasteiger partial charge in [0.25, 0.3) is 0 Å². The van der Waals surface area contributed by atoms with Crippen molar-refractivity contribution in [2.24, 2.45) is 0 Å². The van der Waals surface area contributed by atoms with Crippen molar-refractivity contribution >= 4 is 0 Å². The Kier molecular flexibility index (Phi) is 2.77. The quantitative estimate of drug-likeness (QED) is 0.413. The lowest BCUT2D eigenvalue weighted by Gasteiger charge is -2.44. The topological polar surface area (TPSA) is 76.0 Å². The van der Waals surface area contributed by atoms with E-state index >= 15 is 0 Å². The highest BCUT2D eigenvalue weighted by Crippen LogP contribution is 2.32. The van der Waals surface area contributed by atoms with Crippen LogP contribution in [0.2, 0.25) is 0 Å². The highest BCUT2D eigenvalue weighted by molar-refractivity contribution is 5.06.